The van der Waals surface area contributed by atoms with Gasteiger partial charge in [-0.05, 0) is 42.7 Å². The van der Waals surface area contributed by atoms with E-state index in [9.17, 15) is 4.79 Å². The summed E-state index contributed by atoms with van der Waals surface area (Å²) in [4.78, 5) is 14.4. The average Bonchev–Trinajstić information content (AvgIpc) is 3.28. The minimum Gasteiger partial charge on any atom is -0.398 e. The van der Waals surface area contributed by atoms with E-state index in [1.54, 1.807) is 17.0 Å². The zero-order valence-electron chi connectivity index (χ0n) is 12.6. The molecule has 0 radical (unpaired) electrons. The van der Waals surface area contributed by atoms with E-state index < -0.39 is 0 Å². The zero-order chi connectivity index (χ0) is 15.7. The van der Waals surface area contributed by atoms with Gasteiger partial charge in [0.15, 0.2) is 0 Å². The van der Waals surface area contributed by atoms with Crippen LogP contribution in [0.1, 0.15) is 28.8 Å². The molecule has 2 aromatic carbocycles. The summed E-state index contributed by atoms with van der Waals surface area (Å²) in [6, 6.07) is 15.7. The van der Waals surface area contributed by atoms with Crippen molar-refractivity contribution in [3.63, 3.8) is 0 Å². The summed E-state index contributed by atoms with van der Waals surface area (Å²) >= 11 is 3.47. The van der Waals surface area contributed by atoms with Crippen LogP contribution in [0.2, 0.25) is 0 Å². The lowest BCUT2D eigenvalue weighted by molar-refractivity contribution is 0.0782. The van der Waals surface area contributed by atoms with Crippen molar-refractivity contribution in [2.45, 2.75) is 18.3 Å². The van der Waals surface area contributed by atoms with Gasteiger partial charge in [-0.15, -0.1) is 0 Å². The molecule has 0 spiro atoms. The Bertz CT molecular complexity index is 692. The maximum Gasteiger partial charge on any atom is 0.255 e. The Morgan fingerprint density at radius 3 is 2.41 bits per heavy atom. The third-order valence-corrected chi connectivity index (χ3v) is 4.92. The summed E-state index contributed by atoms with van der Waals surface area (Å²) < 4.78 is 1.08. The Morgan fingerprint density at radius 2 is 1.82 bits per heavy atom. The number of carbonyl (C=O) groups is 1. The molecule has 22 heavy (non-hydrogen) atoms. The van der Waals surface area contributed by atoms with Crippen LogP contribution in [0.3, 0.4) is 0 Å². The van der Waals surface area contributed by atoms with E-state index >= 15 is 0 Å². The van der Waals surface area contributed by atoms with Crippen molar-refractivity contribution in [2.75, 3.05) is 19.3 Å². The van der Waals surface area contributed by atoms with E-state index in [-0.39, 0.29) is 11.3 Å². The second-order valence-corrected chi connectivity index (χ2v) is 6.95. The first-order valence-electron chi connectivity index (χ1n) is 7.38. The summed E-state index contributed by atoms with van der Waals surface area (Å²) in [5.74, 6) is -0.0125. The topological polar surface area (TPSA) is 46.3 Å². The standard InChI is InChI=1S/C18H19BrN2O/c1-21(17(22)15-4-2-3-5-16(15)20)12-18(10-11-18)13-6-8-14(19)9-7-13/h2-9H,10-12,20H2,1H3. The smallest absolute Gasteiger partial charge is 0.255 e. The minimum atomic E-state index is -0.0125. The van der Waals surface area contributed by atoms with Gasteiger partial charge in [-0.1, -0.05) is 40.2 Å². The number of hydrogen-bond acceptors (Lipinski definition) is 2. The molecule has 4 heteroatoms. The molecule has 0 saturated heterocycles. The molecule has 1 amide bonds. The molecule has 0 aliphatic heterocycles. The molecule has 1 aliphatic rings. The highest BCUT2D eigenvalue weighted by Gasteiger charge is 2.45. The third-order valence-electron chi connectivity index (χ3n) is 4.39. The first-order chi connectivity index (χ1) is 10.5. The van der Waals surface area contributed by atoms with Crippen molar-refractivity contribution < 1.29 is 4.79 Å². The summed E-state index contributed by atoms with van der Waals surface area (Å²) in [5.41, 5.74) is 8.44. The number of hydrogen-bond donors (Lipinski definition) is 1. The van der Waals surface area contributed by atoms with E-state index in [4.69, 9.17) is 5.73 Å². The fourth-order valence-corrected chi connectivity index (χ4v) is 3.18. The number of anilines is 1. The summed E-state index contributed by atoms with van der Waals surface area (Å²) in [7, 11) is 1.85. The van der Waals surface area contributed by atoms with Gasteiger partial charge in [0.25, 0.3) is 5.91 Å². The number of benzene rings is 2. The molecule has 0 unspecified atom stereocenters. The lowest BCUT2D eigenvalue weighted by Crippen LogP contribution is -2.34. The quantitative estimate of drug-likeness (QED) is 0.844. The summed E-state index contributed by atoms with van der Waals surface area (Å²) in [6.07, 6.45) is 2.24. The number of para-hydroxylation sites is 1. The number of amides is 1. The van der Waals surface area contributed by atoms with Crippen molar-refractivity contribution in [1.29, 1.82) is 0 Å². The zero-order valence-corrected chi connectivity index (χ0v) is 14.1. The third kappa shape index (κ3) is 2.88. The van der Waals surface area contributed by atoms with Gasteiger partial charge < -0.3 is 10.6 Å². The van der Waals surface area contributed by atoms with E-state index in [1.807, 2.05) is 19.2 Å². The minimum absolute atomic E-state index is 0.0125. The van der Waals surface area contributed by atoms with Crippen molar-refractivity contribution in [2.24, 2.45) is 0 Å². The number of nitrogen functional groups attached to an aromatic ring is 1. The Kier molecular flexibility index (Phi) is 3.96. The Hall–Kier alpha value is -1.81. The fraction of sp³-hybridized carbons (Fsp3) is 0.278. The van der Waals surface area contributed by atoms with Gasteiger partial charge in [-0.25, -0.2) is 0 Å². The van der Waals surface area contributed by atoms with E-state index in [1.165, 1.54) is 5.56 Å². The lowest BCUT2D eigenvalue weighted by Gasteiger charge is -2.25. The second-order valence-electron chi connectivity index (χ2n) is 6.04. The van der Waals surface area contributed by atoms with Crippen LogP contribution in [0.15, 0.2) is 53.0 Å². The Labute approximate surface area is 139 Å². The number of likely N-dealkylation sites (N-methyl/N-ethyl adjacent to an activating group) is 1. The van der Waals surface area contributed by atoms with Crippen molar-refractivity contribution >= 4 is 27.5 Å². The molecule has 3 rings (SSSR count). The van der Waals surface area contributed by atoms with Crippen LogP contribution in [0.25, 0.3) is 0 Å². The van der Waals surface area contributed by atoms with Crippen LogP contribution in [0, 0.1) is 0 Å². The molecule has 1 fully saturated rings. The van der Waals surface area contributed by atoms with Crippen LogP contribution in [-0.4, -0.2) is 24.4 Å². The van der Waals surface area contributed by atoms with Crippen molar-refractivity contribution in [1.82, 2.24) is 4.90 Å². The SMILES string of the molecule is CN(CC1(c2ccc(Br)cc2)CC1)C(=O)c1ccccc1N. The van der Waals surface area contributed by atoms with Gasteiger partial charge in [0.2, 0.25) is 0 Å². The van der Waals surface area contributed by atoms with Crippen LogP contribution in [0.4, 0.5) is 5.69 Å². The summed E-state index contributed by atoms with van der Waals surface area (Å²) in [5, 5.41) is 0. The predicted octanol–water partition coefficient (Wildman–Crippen LogP) is 3.84. The first kappa shape index (κ1) is 15.1. The monoisotopic (exact) mass is 358 g/mol. The number of nitrogens with two attached hydrogens (primary N) is 1. The number of halogens is 1. The molecule has 0 heterocycles. The molecule has 0 atom stereocenters. The van der Waals surface area contributed by atoms with Gasteiger partial charge in [0.1, 0.15) is 0 Å². The molecule has 114 valence electrons. The normalized spacial score (nSPS) is 15.4. The molecular formula is C18H19BrN2O. The number of carbonyl (C=O) groups excluding carboxylic acids is 1. The number of nitrogens with zero attached hydrogens (tertiary/aromatic N) is 1. The molecule has 0 bridgehead atoms. The van der Waals surface area contributed by atoms with Gasteiger partial charge in [-0.2, -0.15) is 0 Å². The van der Waals surface area contributed by atoms with Gasteiger partial charge in [0.05, 0.1) is 5.56 Å². The summed E-state index contributed by atoms with van der Waals surface area (Å²) in [6.45, 7) is 0.724. The van der Waals surface area contributed by atoms with Crippen LogP contribution >= 0.6 is 15.9 Å². The van der Waals surface area contributed by atoms with Crippen LogP contribution in [0.5, 0.6) is 0 Å². The van der Waals surface area contributed by atoms with Gasteiger partial charge in [0, 0.05) is 29.2 Å². The van der Waals surface area contributed by atoms with E-state index in [0.717, 1.165) is 23.9 Å². The molecule has 3 nitrogen and oxygen atoms in total. The molecule has 2 N–H and O–H groups in total. The Balaban J connectivity index is 1.77. The predicted molar refractivity (Wildman–Crippen MR) is 92.9 cm³/mol. The molecule has 2 aromatic rings. The average molecular weight is 359 g/mol. The largest absolute Gasteiger partial charge is 0.398 e. The Morgan fingerprint density at radius 1 is 1.18 bits per heavy atom. The number of rotatable bonds is 4. The van der Waals surface area contributed by atoms with E-state index in [2.05, 4.69) is 40.2 Å². The highest BCUT2D eigenvalue weighted by molar-refractivity contribution is 9.10. The van der Waals surface area contributed by atoms with Gasteiger partial charge in [-0.3, -0.25) is 4.79 Å². The maximum atomic E-state index is 12.6. The lowest BCUT2D eigenvalue weighted by atomic mass is 9.95. The fourth-order valence-electron chi connectivity index (χ4n) is 2.92. The van der Waals surface area contributed by atoms with Crippen molar-refractivity contribution in [3.8, 4) is 0 Å². The first-order valence-corrected chi connectivity index (χ1v) is 8.17. The second kappa shape index (κ2) is 5.76. The molecule has 1 saturated carbocycles. The van der Waals surface area contributed by atoms with Crippen LogP contribution < -0.4 is 5.73 Å². The molecular weight excluding hydrogens is 340 g/mol. The van der Waals surface area contributed by atoms with Crippen LogP contribution in [-0.2, 0) is 5.41 Å². The molecule has 1 aliphatic carbocycles. The van der Waals surface area contributed by atoms with Crippen molar-refractivity contribution in [3.05, 3.63) is 64.1 Å². The highest BCUT2D eigenvalue weighted by atomic mass is 79.9. The van der Waals surface area contributed by atoms with E-state index in [0.29, 0.717) is 11.3 Å². The van der Waals surface area contributed by atoms with Gasteiger partial charge >= 0.3 is 0 Å². The highest BCUT2D eigenvalue weighted by Crippen LogP contribution is 2.48. The molecule has 0 aromatic heterocycles. The maximum absolute atomic E-state index is 12.6.